The van der Waals surface area contributed by atoms with Crippen molar-refractivity contribution in [1.82, 2.24) is 15.1 Å². The second-order valence-electron chi connectivity index (χ2n) is 9.91. The fourth-order valence-corrected chi connectivity index (χ4v) is 5.43. The van der Waals surface area contributed by atoms with Gasteiger partial charge < -0.3 is 15.0 Å². The Morgan fingerprint density at radius 1 is 1.08 bits per heavy atom. The number of hydrogen-bond acceptors (Lipinski definition) is 4. The molecular weight excluding hydrogens is 507 g/mol. The van der Waals surface area contributed by atoms with Crippen LogP contribution in [-0.4, -0.2) is 65.1 Å². The Hall–Kier alpha value is -3.04. The zero-order valence-corrected chi connectivity index (χ0v) is 21.0. The number of carbonyl (C=O) groups excluding carboxylic acids is 2. The van der Waals surface area contributed by atoms with E-state index in [1.165, 1.54) is 9.80 Å². The van der Waals surface area contributed by atoms with Gasteiger partial charge in [-0.1, -0.05) is 47.5 Å². The normalized spacial score (nSPS) is 26.8. The lowest BCUT2D eigenvalue weighted by Crippen LogP contribution is -2.63. The van der Waals surface area contributed by atoms with E-state index in [1.54, 1.807) is 36.4 Å². The molecule has 0 bridgehead atoms. The minimum Gasteiger partial charge on any atom is -0.476 e. The maximum Gasteiger partial charge on any atom is 0.414 e. The highest BCUT2D eigenvalue weighted by atomic mass is 35.5. The Morgan fingerprint density at radius 2 is 1.78 bits per heavy atom. The first-order chi connectivity index (χ1) is 17.5. The van der Waals surface area contributed by atoms with Crippen molar-refractivity contribution in [3.8, 4) is 5.75 Å². The molecule has 2 unspecified atom stereocenters. The van der Waals surface area contributed by atoms with Crippen LogP contribution in [0.3, 0.4) is 0 Å². The predicted molar refractivity (Wildman–Crippen MR) is 132 cm³/mol. The number of benzene rings is 2. The second-order valence-corrected chi connectivity index (χ2v) is 10.3. The predicted octanol–water partition coefficient (Wildman–Crippen LogP) is 4.26. The van der Waals surface area contributed by atoms with Gasteiger partial charge in [0.2, 0.25) is 11.5 Å². The molecule has 3 aliphatic rings. The Balaban J connectivity index is 1.40. The van der Waals surface area contributed by atoms with Gasteiger partial charge in [-0.05, 0) is 49.6 Å². The van der Waals surface area contributed by atoms with Crippen molar-refractivity contribution < 1.29 is 27.5 Å². The number of likely N-dealkylation sites (tertiary alicyclic amines) is 1. The molecule has 10 heteroatoms. The van der Waals surface area contributed by atoms with Gasteiger partial charge in [0.05, 0.1) is 12.1 Å². The van der Waals surface area contributed by atoms with Gasteiger partial charge in [0.1, 0.15) is 11.3 Å². The molecule has 0 aromatic heterocycles. The number of amides is 2. The molecule has 0 saturated carbocycles. The number of aryl methyl sites for hydroxylation is 1. The Labute approximate surface area is 218 Å². The van der Waals surface area contributed by atoms with E-state index < -0.39 is 34.7 Å². The van der Waals surface area contributed by atoms with Crippen LogP contribution in [-0.2, 0) is 16.1 Å². The van der Waals surface area contributed by atoms with Gasteiger partial charge in [0.25, 0.3) is 5.91 Å². The maximum absolute atomic E-state index is 13.7. The molecule has 1 N–H and O–H groups in total. The summed E-state index contributed by atoms with van der Waals surface area (Å²) in [5.74, 6) is -0.608. The monoisotopic (exact) mass is 533 g/mol. The average molecular weight is 534 g/mol. The lowest BCUT2D eigenvalue weighted by atomic mass is 9.89. The van der Waals surface area contributed by atoms with Gasteiger partial charge >= 0.3 is 6.18 Å². The number of halogens is 4. The molecule has 2 aromatic rings. The Morgan fingerprint density at radius 3 is 2.43 bits per heavy atom. The summed E-state index contributed by atoms with van der Waals surface area (Å²) in [6, 6.07) is 14.2. The Bertz CT molecular complexity index is 1230. The average Bonchev–Trinajstić information content (AvgIpc) is 3.46. The number of ether oxygens (including phenoxy) is 1. The van der Waals surface area contributed by atoms with Crippen LogP contribution in [0, 0.1) is 6.92 Å². The number of fused-ring (bicyclic) bond motifs is 1. The molecule has 0 aliphatic carbocycles. The van der Waals surface area contributed by atoms with Crippen molar-refractivity contribution >= 4 is 23.4 Å². The summed E-state index contributed by atoms with van der Waals surface area (Å²) in [4.78, 5) is 30.1. The summed E-state index contributed by atoms with van der Waals surface area (Å²) in [5.41, 5.74) is -2.12. The molecular formula is C27H27ClF3N3O3. The summed E-state index contributed by atoms with van der Waals surface area (Å²) in [6.45, 7) is 2.36. The van der Waals surface area contributed by atoms with Gasteiger partial charge in [-0.3, -0.25) is 14.5 Å². The zero-order valence-electron chi connectivity index (χ0n) is 20.3. The maximum atomic E-state index is 13.7. The van der Waals surface area contributed by atoms with Crippen LogP contribution in [0.4, 0.5) is 13.2 Å². The first-order valence-electron chi connectivity index (χ1n) is 12.1. The molecule has 196 valence electrons. The van der Waals surface area contributed by atoms with Crippen LogP contribution >= 0.6 is 11.6 Å². The Kier molecular flexibility index (Phi) is 6.48. The minimum atomic E-state index is -4.60. The SMILES string of the molecule is Cc1ccc(OC2(C(=O)NCc3ccc(Cl)cc3)CCCN(C(=O)C34C[N@]3CC=C4C(F)(F)F)C2)cc1. The van der Waals surface area contributed by atoms with Gasteiger partial charge in [0, 0.05) is 31.2 Å². The third kappa shape index (κ3) is 4.82. The van der Waals surface area contributed by atoms with E-state index in [1.807, 2.05) is 19.1 Å². The van der Waals surface area contributed by atoms with E-state index in [2.05, 4.69) is 5.32 Å². The highest BCUT2D eigenvalue weighted by Crippen LogP contribution is 2.51. The number of rotatable bonds is 6. The largest absolute Gasteiger partial charge is 0.476 e. The molecule has 2 fully saturated rings. The van der Waals surface area contributed by atoms with E-state index in [0.717, 1.165) is 17.2 Å². The van der Waals surface area contributed by atoms with Crippen LogP contribution in [0.1, 0.15) is 24.0 Å². The molecule has 2 amide bonds. The second kappa shape index (κ2) is 9.36. The van der Waals surface area contributed by atoms with Crippen molar-refractivity contribution in [2.24, 2.45) is 0 Å². The van der Waals surface area contributed by atoms with Crippen molar-refractivity contribution in [1.29, 1.82) is 0 Å². The van der Waals surface area contributed by atoms with Gasteiger partial charge in [-0.25, -0.2) is 0 Å². The molecule has 3 aliphatic heterocycles. The molecule has 6 nitrogen and oxygen atoms in total. The molecule has 0 spiro atoms. The number of hydrogen-bond donors (Lipinski definition) is 1. The number of alkyl halides is 3. The van der Waals surface area contributed by atoms with Crippen LogP contribution < -0.4 is 10.1 Å². The first kappa shape index (κ1) is 25.6. The van der Waals surface area contributed by atoms with Gasteiger partial charge in [0.15, 0.2) is 0 Å². The fourth-order valence-electron chi connectivity index (χ4n) is 5.30. The summed E-state index contributed by atoms with van der Waals surface area (Å²) in [6.07, 6.45) is -2.79. The van der Waals surface area contributed by atoms with E-state index >= 15 is 0 Å². The summed E-state index contributed by atoms with van der Waals surface area (Å²) < 4.78 is 47.5. The topological polar surface area (TPSA) is 61.6 Å². The van der Waals surface area contributed by atoms with Crippen LogP contribution in [0.5, 0.6) is 5.75 Å². The van der Waals surface area contributed by atoms with Crippen molar-refractivity contribution in [3.63, 3.8) is 0 Å². The highest BCUT2D eigenvalue weighted by molar-refractivity contribution is 6.30. The van der Waals surface area contributed by atoms with Crippen LogP contribution in [0.2, 0.25) is 5.02 Å². The van der Waals surface area contributed by atoms with Crippen LogP contribution in [0.25, 0.3) is 0 Å². The first-order valence-corrected chi connectivity index (χ1v) is 12.5. The molecule has 5 rings (SSSR count). The number of nitrogens with zero attached hydrogens (tertiary/aromatic N) is 2. The van der Waals surface area contributed by atoms with E-state index in [0.29, 0.717) is 23.6 Å². The van der Waals surface area contributed by atoms with E-state index in [4.69, 9.17) is 16.3 Å². The third-order valence-electron chi connectivity index (χ3n) is 7.33. The number of piperidine rings is 1. The fraction of sp³-hybridized carbons (Fsp3) is 0.407. The smallest absolute Gasteiger partial charge is 0.414 e. The number of carbonyl (C=O) groups is 2. The number of nitrogens with one attached hydrogen (secondary N) is 1. The molecule has 2 saturated heterocycles. The summed E-state index contributed by atoms with van der Waals surface area (Å²) >= 11 is 5.95. The summed E-state index contributed by atoms with van der Waals surface area (Å²) in [7, 11) is 0. The van der Waals surface area contributed by atoms with Gasteiger partial charge in [-0.15, -0.1) is 0 Å². The quantitative estimate of drug-likeness (QED) is 0.445. The summed E-state index contributed by atoms with van der Waals surface area (Å²) in [5, 5.41) is 3.47. The molecule has 37 heavy (non-hydrogen) atoms. The van der Waals surface area contributed by atoms with Crippen molar-refractivity contribution in [3.05, 3.63) is 76.3 Å². The molecule has 2 aromatic carbocycles. The highest BCUT2D eigenvalue weighted by Gasteiger charge is 2.70. The lowest BCUT2D eigenvalue weighted by molar-refractivity contribution is -0.151. The minimum absolute atomic E-state index is 0.0300. The van der Waals surface area contributed by atoms with Gasteiger partial charge in [-0.2, -0.15) is 13.2 Å². The molecule has 3 atom stereocenters. The van der Waals surface area contributed by atoms with Crippen molar-refractivity contribution in [2.75, 3.05) is 26.2 Å². The van der Waals surface area contributed by atoms with Crippen molar-refractivity contribution in [2.45, 2.75) is 43.6 Å². The zero-order chi connectivity index (χ0) is 26.4. The van der Waals surface area contributed by atoms with E-state index in [9.17, 15) is 22.8 Å². The van der Waals surface area contributed by atoms with E-state index in [-0.39, 0.29) is 32.7 Å². The third-order valence-corrected chi connectivity index (χ3v) is 7.59. The lowest BCUT2D eigenvalue weighted by Gasteiger charge is -2.42. The molecule has 0 radical (unpaired) electrons. The van der Waals surface area contributed by atoms with Crippen LogP contribution in [0.15, 0.2) is 60.2 Å². The standard InChI is InChI=1S/C27H27ClF3N3O3/c1-18-3-9-21(10-4-18)37-25(23(35)32-15-19-5-7-20(28)8-6-19)12-2-13-33(16-25)24(36)26-17-34(26)14-11-22(26)27(29,30)31/h3-11H,2,12-17H2,1H3,(H,32,35)/t25?,26?,34-/m0/s1. The molecule has 3 heterocycles.